The summed E-state index contributed by atoms with van der Waals surface area (Å²) in [7, 11) is 0. The van der Waals surface area contributed by atoms with Crippen molar-refractivity contribution in [1.82, 2.24) is 0 Å². The van der Waals surface area contributed by atoms with Crippen LogP contribution < -0.4 is 4.74 Å². The minimum Gasteiger partial charge on any atom is -0.494 e. The van der Waals surface area contributed by atoms with Crippen LogP contribution >= 0.6 is 11.6 Å². The highest BCUT2D eigenvalue weighted by molar-refractivity contribution is 6.30. The third-order valence-electron chi connectivity index (χ3n) is 3.34. The summed E-state index contributed by atoms with van der Waals surface area (Å²) < 4.78 is 5.72. The molecule has 0 atom stereocenters. The molecule has 0 aliphatic rings. The van der Waals surface area contributed by atoms with Crippen LogP contribution in [0.1, 0.15) is 38.2 Å². The number of benzene rings is 2. The summed E-state index contributed by atoms with van der Waals surface area (Å²) in [5, 5.41) is 0.722. The average molecular weight is 316 g/mol. The SMILES string of the molecule is CCCCCCOc1ccc(C=Nc2ccc(Cl)cc2)cc1. The van der Waals surface area contributed by atoms with Gasteiger partial charge in [-0.3, -0.25) is 4.99 Å². The Morgan fingerprint density at radius 1 is 0.955 bits per heavy atom. The molecule has 0 radical (unpaired) electrons. The molecule has 0 aliphatic heterocycles. The maximum absolute atomic E-state index is 5.85. The highest BCUT2D eigenvalue weighted by Gasteiger charge is 1.95. The van der Waals surface area contributed by atoms with E-state index in [1.807, 2.05) is 54.7 Å². The Kier molecular flexibility index (Phi) is 6.98. The minimum atomic E-state index is 0.722. The topological polar surface area (TPSA) is 21.6 Å². The molecule has 2 aromatic carbocycles. The van der Waals surface area contributed by atoms with Gasteiger partial charge in [0.1, 0.15) is 5.75 Å². The maximum Gasteiger partial charge on any atom is 0.119 e. The molecule has 0 spiro atoms. The third-order valence-corrected chi connectivity index (χ3v) is 3.59. The highest BCUT2D eigenvalue weighted by Crippen LogP contribution is 2.17. The fourth-order valence-corrected chi connectivity index (χ4v) is 2.17. The van der Waals surface area contributed by atoms with Gasteiger partial charge >= 0.3 is 0 Å². The van der Waals surface area contributed by atoms with E-state index >= 15 is 0 Å². The smallest absolute Gasteiger partial charge is 0.119 e. The van der Waals surface area contributed by atoms with Gasteiger partial charge in [0.15, 0.2) is 0 Å². The Morgan fingerprint density at radius 3 is 2.36 bits per heavy atom. The Balaban J connectivity index is 1.82. The molecule has 2 aromatic rings. The fraction of sp³-hybridized carbons (Fsp3) is 0.316. The van der Waals surface area contributed by atoms with Crippen LogP contribution in [0.25, 0.3) is 0 Å². The summed E-state index contributed by atoms with van der Waals surface area (Å²) >= 11 is 5.85. The van der Waals surface area contributed by atoms with Crippen molar-refractivity contribution in [3.05, 3.63) is 59.1 Å². The van der Waals surface area contributed by atoms with Crippen LogP contribution in [0.4, 0.5) is 5.69 Å². The summed E-state index contributed by atoms with van der Waals surface area (Å²) in [4.78, 5) is 4.42. The molecule has 0 fully saturated rings. The van der Waals surface area contributed by atoms with Crippen LogP contribution in [0.2, 0.25) is 5.02 Å². The van der Waals surface area contributed by atoms with E-state index in [-0.39, 0.29) is 0 Å². The summed E-state index contributed by atoms with van der Waals surface area (Å²) in [6.07, 6.45) is 6.73. The van der Waals surface area contributed by atoms with Crippen molar-refractivity contribution in [3.63, 3.8) is 0 Å². The average Bonchev–Trinajstić information content (AvgIpc) is 2.55. The second-order valence-electron chi connectivity index (χ2n) is 5.21. The molecule has 0 heterocycles. The van der Waals surface area contributed by atoms with Gasteiger partial charge in [0.2, 0.25) is 0 Å². The van der Waals surface area contributed by atoms with Gasteiger partial charge in [-0.25, -0.2) is 0 Å². The highest BCUT2D eigenvalue weighted by atomic mass is 35.5. The molecule has 116 valence electrons. The first-order chi connectivity index (χ1) is 10.8. The van der Waals surface area contributed by atoms with E-state index in [1.54, 1.807) is 0 Å². The van der Waals surface area contributed by atoms with E-state index in [4.69, 9.17) is 16.3 Å². The molecule has 0 aromatic heterocycles. The fourth-order valence-electron chi connectivity index (χ4n) is 2.05. The number of hydrogen-bond donors (Lipinski definition) is 0. The number of unbranched alkanes of at least 4 members (excludes halogenated alkanes) is 3. The van der Waals surface area contributed by atoms with Gasteiger partial charge in [-0.1, -0.05) is 37.8 Å². The quantitative estimate of drug-likeness (QED) is 0.429. The number of nitrogens with zero attached hydrogens (tertiary/aromatic N) is 1. The molecule has 0 unspecified atom stereocenters. The second kappa shape index (κ2) is 9.26. The zero-order valence-corrected chi connectivity index (χ0v) is 13.7. The number of aliphatic imine (C=N–C) groups is 1. The van der Waals surface area contributed by atoms with Crippen molar-refractivity contribution >= 4 is 23.5 Å². The van der Waals surface area contributed by atoms with Crippen molar-refractivity contribution in [2.45, 2.75) is 32.6 Å². The summed E-state index contributed by atoms with van der Waals surface area (Å²) in [5.74, 6) is 0.917. The van der Waals surface area contributed by atoms with Crippen molar-refractivity contribution in [2.24, 2.45) is 4.99 Å². The Morgan fingerprint density at radius 2 is 1.68 bits per heavy atom. The van der Waals surface area contributed by atoms with Gasteiger partial charge in [-0.15, -0.1) is 0 Å². The van der Waals surface area contributed by atoms with Crippen LogP contribution in [-0.4, -0.2) is 12.8 Å². The summed E-state index contributed by atoms with van der Waals surface area (Å²) in [6, 6.07) is 15.5. The Labute approximate surface area is 137 Å². The molecule has 0 amide bonds. The monoisotopic (exact) mass is 315 g/mol. The van der Waals surface area contributed by atoms with Gasteiger partial charge in [0.25, 0.3) is 0 Å². The first-order valence-corrected chi connectivity index (χ1v) is 8.18. The van der Waals surface area contributed by atoms with Crippen molar-refractivity contribution in [2.75, 3.05) is 6.61 Å². The van der Waals surface area contributed by atoms with Gasteiger partial charge < -0.3 is 4.74 Å². The van der Waals surface area contributed by atoms with E-state index in [0.717, 1.165) is 35.1 Å². The van der Waals surface area contributed by atoms with E-state index < -0.39 is 0 Å². The van der Waals surface area contributed by atoms with Crippen molar-refractivity contribution in [3.8, 4) is 5.75 Å². The predicted octanol–water partition coefficient (Wildman–Crippen LogP) is 6.05. The van der Waals surface area contributed by atoms with E-state index in [0.29, 0.717) is 0 Å². The van der Waals surface area contributed by atoms with E-state index in [9.17, 15) is 0 Å². The molecule has 0 saturated carbocycles. The maximum atomic E-state index is 5.85. The first-order valence-electron chi connectivity index (χ1n) is 7.80. The second-order valence-corrected chi connectivity index (χ2v) is 5.65. The number of halogens is 1. The molecular weight excluding hydrogens is 294 g/mol. The Hall–Kier alpha value is -1.80. The number of rotatable bonds is 8. The third kappa shape index (κ3) is 5.90. The van der Waals surface area contributed by atoms with Crippen LogP contribution in [0.15, 0.2) is 53.5 Å². The normalized spacial score (nSPS) is 11.0. The predicted molar refractivity (Wildman–Crippen MR) is 94.8 cm³/mol. The van der Waals surface area contributed by atoms with Crippen molar-refractivity contribution in [1.29, 1.82) is 0 Å². The van der Waals surface area contributed by atoms with Crippen molar-refractivity contribution < 1.29 is 4.74 Å². The van der Waals surface area contributed by atoms with Crippen LogP contribution in [0.3, 0.4) is 0 Å². The van der Waals surface area contributed by atoms with E-state index in [2.05, 4.69) is 11.9 Å². The van der Waals surface area contributed by atoms with Crippen LogP contribution in [-0.2, 0) is 0 Å². The number of hydrogen-bond acceptors (Lipinski definition) is 2. The lowest BCUT2D eigenvalue weighted by Crippen LogP contribution is -1.97. The molecule has 0 N–H and O–H groups in total. The molecule has 0 aliphatic carbocycles. The van der Waals surface area contributed by atoms with Gasteiger partial charge in [0, 0.05) is 11.2 Å². The number of ether oxygens (including phenoxy) is 1. The largest absolute Gasteiger partial charge is 0.494 e. The van der Waals surface area contributed by atoms with Gasteiger partial charge in [0.05, 0.1) is 12.3 Å². The lowest BCUT2D eigenvalue weighted by atomic mass is 10.2. The standard InChI is InChI=1S/C19H22ClNO/c1-2-3-4-5-14-22-19-12-6-16(7-13-19)15-21-18-10-8-17(20)9-11-18/h6-13,15H,2-5,14H2,1H3. The minimum absolute atomic E-state index is 0.722. The molecule has 3 heteroatoms. The molecule has 0 bridgehead atoms. The van der Waals surface area contributed by atoms with Crippen LogP contribution in [0, 0.1) is 0 Å². The molecule has 0 saturated heterocycles. The van der Waals surface area contributed by atoms with Gasteiger partial charge in [-0.2, -0.15) is 0 Å². The molecule has 2 nitrogen and oxygen atoms in total. The van der Waals surface area contributed by atoms with Crippen LogP contribution in [0.5, 0.6) is 5.75 Å². The molecule has 22 heavy (non-hydrogen) atoms. The molecule has 2 rings (SSSR count). The summed E-state index contributed by atoms with van der Waals surface area (Å²) in [6.45, 7) is 3.00. The van der Waals surface area contributed by atoms with E-state index in [1.165, 1.54) is 19.3 Å². The lowest BCUT2D eigenvalue weighted by Gasteiger charge is -2.05. The zero-order chi connectivity index (χ0) is 15.6. The zero-order valence-electron chi connectivity index (χ0n) is 13.0. The van der Waals surface area contributed by atoms with Gasteiger partial charge in [-0.05, 0) is 60.5 Å². The Bertz CT molecular complexity index is 575. The summed E-state index contributed by atoms with van der Waals surface area (Å²) in [5.41, 5.74) is 1.94. The molecular formula is C19H22ClNO. The lowest BCUT2D eigenvalue weighted by molar-refractivity contribution is 0.305. The first kappa shape index (κ1) is 16.6.